The second-order valence-corrected chi connectivity index (χ2v) is 5.51. The van der Waals surface area contributed by atoms with Crippen molar-refractivity contribution in [3.63, 3.8) is 0 Å². The van der Waals surface area contributed by atoms with Crippen molar-refractivity contribution in [1.29, 1.82) is 0 Å². The minimum atomic E-state index is -0.122. The molecule has 1 aromatic rings. The highest BCUT2D eigenvalue weighted by atomic mass is 16.5. The summed E-state index contributed by atoms with van der Waals surface area (Å²) in [5, 5.41) is 5.87. The molecule has 1 fully saturated rings. The number of imidazole rings is 1. The van der Waals surface area contributed by atoms with Crippen LogP contribution < -0.4 is 10.6 Å². The lowest BCUT2D eigenvalue weighted by Gasteiger charge is -2.32. The van der Waals surface area contributed by atoms with E-state index in [2.05, 4.69) is 27.4 Å². The highest BCUT2D eigenvalue weighted by Crippen LogP contribution is 2.02. The van der Waals surface area contributed by atoms with Gasteiger partial charge in [-0.1, -0.05) is 0 Å². The van der Waals surface area contributed by atoms with E-state index >= 15 is 0 Å². The summed E-state index contributed by atoms with van der Waals surface area (Å²) in [6, 6.07) is 0.254. The van der Waals surface area contributed by atoms with Crippen molar-refractivity contribution in [2.75, 3.05) is 32.8 Å². The van der Waals surface area contributed by atoms with E-state index in [4.69, 9.17) is 4.74 Å². The van der Waals surface area contributed by atoms with Crippen LogP contribution in [0.4, 0.5) is 4.79 Å². The fourth-order valence-corrected chi connectivity index (χ4v) is 2.42. The van der Waals surface area contributed by atoms with Gasteiger partial charge in [0.15, 0.2) is 0 Å². The normalized spacial score (nSPS) is 19.0. The Hall–Kier alpha value is -1.60. The Morgan fingerprint density at radius 1 is 1.38 bits per heavy atom. The molecule has 0 aliphatic carbocycles. The molecule has 2 amide bonds. The summed E-state index contributed by atoms with van der Waals surface area (Å²) in [4.78, 5) is 18.2. The summed E-state index contributed by atoms with van der Waals surface area (Å²) in [7, 11) is 0. The summed E-state index contributed by atoms with van der Waals surface area (Å²) in [6.07, 6.45) is 5.37. The number of carbonyl (C=O) groups excluding carboxylic acids is 1. The van der Waals surface area contributed by atoms with E-state index in [9.17, 15) is 4.79 Å². The van der Waals surface area contributed by atoms with Gasteiger partial charge in [0.2, 0.25) is 0 Å². The van der Waals surface area contributed by atoms with Crippen LogP contribution in [0.15, 0.2) is 18.7 Å². The first-order valence-corrected chi connectivity index (χ1v) is 7.47. The number of morpholine rings is 1. The summed E-state index contributed by atoms with van der Waals surface area (Å²) in [5.74, 6) is 0. The minimum absolute atomic E-state index is 0.0536. The number of urea groups is 1. The number of ether oxygens (including phenoxy) is 1. The van der Waals surface area contributed by atoms with Crippen molar-refractivity contribution in [2.45, 2.75) is 32.5 Å². The van der Waals surface area contributed by atoms with Crippen LogP contribution in [0.5, 0.6) is 0 Å². The first-order chi connectivity index (χ1) is 10.1. The van der Waals surface area contributed by atoms with Crippen LogP contribution in [0.3, 0.4) is 0 Å². The van der Waals surface area contributed by atoms with E-state index < -0.39 is 0 Å². The van der Waals surface area contributed by atoms with E-state index in [0.717, 1.165) is 26.3 Å². The second-order valence-electron chi connectivity index (χ2n) is 5.51. The quantitative estimate of drug-likeness (QED) is 0.791. The molecular weight excluding hydrogens is 270 g/mol. The lowest BCUT2D eigenvalue weighted by molar-refractivity contribution is 0.0209. The van der Waals surface area contributed by atoms with E-state index in [0.29, 0.717) is 19.1 Å². The molecule has 2 N–H and O–H groups in total. The maximum absolute atomic E-state index is 11.9. The average molecular weight is 295 g/mol. The number of hydrogen-bond acceptors (Lipinski definition) is 4. The fraction of sp³-hybridized carbons (Fsp3) is 0.714. The van der Waals surface area contributed by atoms with Crippen molar-refractivity contribution in [3.05, 3.63) is 18.7 Å². The summed E-state index contributed by atoms with van der Waals surface area (Å²) in [5.41, 5.74) is 0. The molecular formula is C14H25N5O2. The van der Waals surface area contributed by atoms with Gasteiger partial charge >= 0.3 is 6.03 Å². The first-order valence-electron chi connectivity index (χ1n) is 7.47. The predicted octanol–water partition coefficient (Wildman–Crippen LogP) is 0.292. The molecule has 21 heavy (non-hydrogen) atoms. The van der Waals surface area contributed by atoms with Crippen molar-refractivity contribution in [1.82, 2.24) is 25.1 Å². The maximum Gasteiger partial charge on any atom is 0.315 e. The molecule has 0 radical (unpaired) electrons. The number of nitrogens with zero attached hydrogens (tertiary/aromatic N) is 3. The first kappa shape index (κ1) is 15.8. The van der Waals surface area contributed by atoms with E-state index in [-0.39, 0.29) is 12.1 Å². The third kappa shape index (κ3) is 5.35. The van der Waals surface area contributed by atoms with Gasteiger partial charge in [-0.15, -0.1) is 0 Å². The molecule has 2 heterocycles. The number of aromatic nitrogens is 2. The van der Waals surface area contributed by atoms with Gasteiger partial charge in [-0.25, -0.2) is 9.78 Å². The van der Waals surface area contributed by atoms with Crippen LogP contribution in [0.1, 0.15) is 13.8 Å². The molecule has 0 aromatic carbocycles. The van der Waals surface area contributed by atoms with Crippen molar-refractivity contribution in [2.24, 2.45) is 0 Å². The van der Waals surface area contributed by atoms with Gasteiger partial charge in [0.25, 0.3) is 0 Å². The van der Waals surface area contributed by atoms with Crippen molar-refractivity contribution in [3.8, 4) is 0 Å². The number of nitrogens with one attached hydrogen (secondary N) is 2. The van der Waals surface area contributed by atoms with Gasteiger partial charge in [-0.2, -0.15) is 0 Å². The zero-order chi connectivity index (χ0) is 15.1. The SMILES string of the molecule is C[C@H](Cn1ccnc1)NC(=O)NC[C@@H](C)N1CCOCC1. The fourth-order valence-electron chi connectivity index (χ4n) is 2.42. The minimum Gasteiger partial charge on any atom is -0.379 e. The zero-order valence-electron chi connectivity index (χ0n) is 12.8. The summed E-state index contributed by atoms with van der Waals surface area (Å²) in [6.45, 7) is 8.88. The average Bonchev–Trinajstić information content (AvgIpc) is 2.98. The lowest BCUT2D eigenvalue weighted by Crippen LogP contribution is -2.50. The van der Waals surface area contributed by atoms with Gasteiger partial charge in [0.05, 0.1) is 19.5 Å². The summed E-state index contributed by atoms with van der Waals surface area (Å²) < 4.78 is 7.27. The van der Waals surface area contributed by atoms with Crippen LogP contribution in [-0.2, 0) is 11.3 Å². The lowest BCUT2D eigenvalue weighted by atomic mass is 10.2. The molecule has 0 unspecified atom stereocenters. The van der Waals surface area contributed by atoms with Crippen LogP contribution >= 0.6 is 0 Å². The number of carbonyl (C=O) groups is 1. The highest BCUT2D eigenvalue weighted by molar-refractivity contribution is 5.74. The predicted molar refractivity (Wildman–Crippen MR) is 80.1 cm³/mol. The molecule has 2 atom stereocenters. The Bertz CT molecular complexity index is 417. The molecule has 7 heteroatoms. The molecule has 118 valence electrons. The molecule has 1 aliphatic heterocycles. The standard InChI is InChI=1S/C14H25N5O2/c1-12(10-18-4-3-15-11-18)17-14(20)16-9-13(2)19-5-7-21-8-6-19/h3-4,11-13H,5-10H2,1-2H3,(H2,16,17,20)/t12-,13-/m1/s1. The second kappa shape index (κ2) is 7.99. The van der Waals surface area contributed by atoms with Gasteiger partial charge in [-0.05, 0) is 13.8 Å². The van der Waals surface area contributed by atoms with Gasteiger partial charge in [-0.3, -0.25) is 4.90 Å². The zero-order valence-corrected chi connectivity index (χ0v) is 12.8. The molecule has 1 aliphatic rings. The van der Waals surface area contributed by atoms with Crippen LogP contribution in [0.25, 0.3) is 0 Å². The van der Waals surface area contributed by atoms with Gasteiger partial charge in [0, 0.05) is 50.7 Å². The van der Waals surface area contributed by atoms with E-state index in [1.54, 1.807) is 12.5 Å². The Balaban J connectivity index is 1.64. The van der Waals surface area contributed by atoms with Crippen molar-refractivity contribution < 1.29 is 9.53 Å². The Labute approximate surface area is 125 Å². The Morgan fingerprint density at radius 2 is 2.14 bits per heavy atom. The van der Waals surface area contributed by atoms with E-state index in [1.165, 1.54) is 0 Å². The largest absolute Gasteiger partial charge is 0.379 e. The van der Waals surface area contributed by atoms with Crippen LogP contribution in [0.2, 0.25) is 0 Å². The summed E-state index contributed by atoms with van der Waals surface area (Å²) >= 11 is 0. The van der Waals surface area contributed by atoms with Gasteiger partial charge < -0.3 is 19.9 Å². The topological polar surface area (TPSA) is 71.4 Å². The molecule has 0 spiro atoms. The van der Waals surface area contributed by atoms with E-state index in [1.807, 2.05) is 17.7 Å². The molecule has 0 saturated carbocycles. The smallest absolute Gasteiger partial charge is 0.315 e. The molecule has 1 saturated heterocycles. The molecule has 2 rings (SSSR count). The maximum atomic E-state index is 11.9. The molecule has 1 aromatic heterocycles. The monoisotopic (exact) mass is 295 g/mol. The third-order valence-corrected chi connectivity index (χ3v) is 3.65. The number of rotatable bonds is 6. The highest BCUT2D eigenvalue weighted by Gasteiger charge is 2.17. The van der Waals surface area contributed by atoms with Crippen molar-refractivity contribution >= 4 is 6.03 Å². The molecule has 0 bridgehead atoms. The Morgan fingerprint density at radius 3 is 2.81 bits per heavy atom. The number of amides is 2. The van der Waals surface area contributed by atoms with Crippen LogP contribution in [-0.4, -0.2) is 65.4 Å². The van der Waals surface area contributed by atoms with Crippen LogP contribution in [0, 0.1) is 0 Å². The third-order valence-electron chi connectivity index (χ3n) is 3.65. The number of hydrogen-bond donors (Lipinski definition) is 2. The van der Waals surface area contributed by atoms with Gasteiger partial charge in [0.1, 0.15) is 0 Å². The Kier molecular flexibility index (Phi) is 6.01. The molecule has 7 nitrogen and oxygen atoms in total.